The van der Waals surface area contributed by atoms with E-state index in [1.165, 1.54) is 0 Å². The van der Waals surface area contributed by atoms with Gasteiger partial charge < -0.3 is 10.1 Å². The van der Waals surface area contributed by atoms with Gasteiger partial charge in [0.2, 0.25) is 0 Å². The number of hydrogen-bond donors (Lipinski definition) is 1. The summed E-state index contributed by atoms with van der Waals surface area (Å²) in [5.41, 5.74) is 2.92. The Kier molecular flexibility index (Phi) is 5.33. The number of carbonyl (C=O) groups is 2. The van der Waals surface area contributed by atoms with Crippen molar-refractivity contribution in [3.8, 4) is 0 Å². The number of anilines is 1. The van der Waals surface area contributed by atoms with Gasteiger partial charge in [0.25, 0.3) is 5.91 Å². The number of ether oxygens (including phenoxy) is 1. The first-order valence-electron chi connectivity index (χ1n) is 6.75. The fourth-order valence-electron chi connectivity index (χ4n) is 1.89. The molecule has 0 heterocycles. The van der Waals surface area contributed by atoms with E-state index in [9.17, 15) is 9.59 Å². The van der Waals surface area contributed by atoms with Crippen molar-refractivity contribution >= 4 is 33.5 Å². The maximum atomic E-state index is 12.0. The summed E-state index contributed by atoms with van der Waals surface area (Å²) in [5, 5.41) is 2.66. The maximum Gasteiger partial charge on any atom is 0.338 e. The molecule has 0 saturated carbocycles. The van der Waals surface area contributed by atoms with Crippen LogP contribution in [-0.4, -0.2) is 18.5 Å². The molecule has 0 unspecified atom stereocenters. The van der Waals surface area contributed by atoms with E-state index in [0.29, 0.717) is 11.3 Å². The van der Waals surface area contributed by atoms with E-state index in [4.69, 9.17) is 4.74 Å². The Morgan fingerprint density at radius 1 is 1.09 bits per heavy atom. The Morgan fingerprint density at radius 3 is 2.45 bits per heavy atom. The lowest BCUT2D eigenvalue weighted by molar-refractivity contribution is -0.119. The molecular weight excluding hydrogens is 346 g/mol. The molecule has 22 heavy (non-hydrogen) atoms. The van der Waals surface area contributed by atoms with Crippen LogP contribution in [0, 0.1) is 13.8 Å². The molecule has 114 valence electrons. The largest absolute Gasteiger partial charge is 0.452 e. The van der Waals surface area contributed by atoms with Crippen molar-refractivity contribution in [3.63, 3.8) is 0 Å². The lowest BCUT2D eigenvalue weighted by atomic mass is 10.1. The second kappa shape index (κ2) is 7.22. The van der Waals surface area contributed by atoms with Gasteiger partial charge in [-0.05, 0) is 49.7 Å². The monoisotopic (exact) mass is 361 g/mol. The SMILES string of the molecule is Cc1ccc(C)c(C(=O)OCC(=O)Nc2ccc(Br)cc2)c1. The topological polar surface area (TPSA) is 55.4 Å². The van der Waals surface area contributed by atoms with Crippen LogP contribution >= 0.6 is 15.9 Å². The van der Waals surface area contributed by atoms with Gasteiger partial charge in [0.1, 0.15) is 0 Å². The molecule has 0 radical (unpaired) electrons. The Morgan fingerprint density at radius 2 is 1.77 bits per heavy atom. The van der Waals surface area contributed by atoms with Crippen molar-refractivity contribution in [2.45, 2.75) is 13.8 Å². The molecule has 0 saturated heterocycles. The molecule has 0 aliphatic heterocycles. The van der Waals surface area contributed by atoms with Crippen LogP contribution in [0.3, 0.4) is 0 Å². The van der Waals surface area contributed by atoms with E-state index in [-0.39, 0.29) is 12.5 Å². The number of benzene rings is 2. The number of esters is 1. The van der Waals surface area contributed by atoms with Gasteiger partial charge in [0.05, 0.1) is 5.56 Å². The van der Waals surface area contributed by atoms with Crippen LogP contribution in [0.2, 0.25) is 0 Å². The van der Waals surface area contributed by atoms with Crippen molar-refractivity contribution in [1.29, 1.82) is 0 Å². The summed E-state index contributed by atoms with van der Waals surface area (Å²) in [6.07, 6.45) is 0. The van der Waals surface area contributed by atoms with Crippen LogP contribution in [0.25, 0.3) is 0 Å². The van der Waals surface area contributed by atoms with Crippen molar-refractivity contribution in [2.75, 3.05) is 11.9 Å². The molecule has 0 aliphatic rings. The molecular formula is C17H16BrNO3. The zero-order valence-corrected chi connectivity index (χ0v) is 13.9. The highest BCUT2D eigenvalue weighted by Crippen LogP contribution is 2.14. The lowest BCUT2D eigenvalue weighted by Crippen LogP contribution is -2.21. The van der Waals surface area contributed by atoms with E-state index < -0.39 is 5.97 Å². The Labute approximate surface area is 137 Å². The molecule has 5 heteroatoms. The quantitative estimate of drug-likeness (QED) is 0.841. The van der Waals surface area contributed by atoms with Gasteiger partial charge in [0.15, 0.2) is 6.61 Å². The number of rotatable bonds is 4. The van der Waals surface area contributed by atoms with Gasteiger partial charge in [-0.2, -0.15) is 0 Å². The Bertz CT molecular complexity index is 696. The van der Waals surface area contributed by atoms with Gasteiger partial charge in [-0.1, -0.05) is 33.6 Å². The standard InChI is InChI=1S/C17H16BrNO3/c1-11-3-4-12(2)15(9-11)17(21)22-10-16(20)19-14-7-5-13(18)6-8-14/h3-9H,10H2,1-2H3,(H,19,20). The molecule has 4 nitrogen and oxygen atoms in total. The summed E-state index contributed by atoms with van der Waals surface area (Å²) in [6.45, 7) is 3.41. The van der Waals surface area contributed by atoms with Gasteiger partial charge in [0, 0.05) is 10.2 Å². The highest BCUT2D eigenvalue weighted by Gasteiger charge is 2.13. The van der Waals surface area contributed by atoms with Crippen molar-refractivity contribution in [1.82, 2.24) is 0 Å². The third-order valence-electron chi connectivity index (χ3n) is 3.08. The minimum atomic E-state index is -0.493. The molecule has 0 bridgehead atoms. The van der Waals surface area contributed by atoms with Crippen LogP contribution in [0.1, 0.15) is 21.5 Å². The smallest absolute Gasteiger partial charge is 0.338 e. The normalized spacial score (nSPS) is 10.1. The fourth-order valence-corrected chi connectivity index (χ4v) is 2.16. The van der Waals surface area contributed by atoms with E-state index in [0.717, 1.165) is 15.6 Å². The molecule has 1 N–H and O–H groups in total. The molecule has 0 aromatic heterocycles. The molecule has 0 fully saturated rings. The fraction of sp³-hybridized carbons (Fsp3) is 0.176. The third kappa shape index (κ3) is 4.43. The highest BCUT2D eigenvalue weighted by molar-refractivity contribution is 9.10. The zero-order chi connectivity index (χ0) is 16.1. The minimum absolute atomic E-state index is 0.317. The van der Waals surface area contributed by atoms with E-state index in [2.05, 4.69) is 21.2 Å². The molecule has 1 amide bonds. The number of nitrogens with one attached hydrogen (secondary N) is 1. The summed E-state index contributed by atoms with van der Waals surface area (Å²) >= 11 is 3.32. The summed E-state index contributed by atoms with van der Waals surface area (Å²) < 4.78 is 5.98. The van der Waals surface area contributed by atoms with Gasteiger partial charge in [-0.15, -0.1) is 0 Å². The van der Waals surface area contributed by atoms with E-state index >= 15 is 0 Å². The van der Waals surface area contributed by atoms with Gasteiger partial charge in [-0.25, -0.2) is 4.79 Å². The number of carbonyl (C=O) groups excluding carboxylic acids is 2. The number of aryl methyl sites for hydroxylation is 2. The molecule has 0 aliphatic carbocycles. The van der Waals surface area contributed by atoms with Crippen LogP contribution < -0.4 is 5.32 Å². The van der Waals surface area contributed by atoms with Crippen LogP contribution in [-0.2, 0) is 9.53 Å². The first-order chi connectivity index (χ1) is 10.5. The average molecular weight is 362 g/mol. The molecule has 0 spiro atoms. The number of halogens is 1. The van der Waals surface area contributed by atoms with Gasteiger partial charge in [-0.3, -0.25) is 4.79 Å². The van der Waals surface area contributed by atoms with Crippen LogP contribution in [0.15, 0.2) is 46.9 Å². The summed E-state index contributed by atoms with van der Waals surface area (Å²) in [5.74, 6) is -0.867. The second-order valence-electron chi connectivity index (χ2n) is 4.95. The van der Waals surface area contributed by atoms with E-state index in [1.807, 2.05) is 38.1 Å². The molecule has 0 atom stereocenters. The first-order valence-corrected chi connectivity index (χ1v) is 7.55. The predicted octanol–water partition coefficient (Wildman–Crippen LogP) is 3.86. The van der Waals surface area contributed by atoms with Crippen molar-refractivity contribution in [2.24, 2.45) is 0 Å². The zero-order valence-electron chi connectivity index (χ0n) is 12.4. The Balaban J connectivity index is 1.91. The van der Waals surface area contributed by atoms with Crippen molar-refractivity contribution < 1.29 is 14.3 Å². The summed E-state index contributed by atoms with van der Waals surface area (Å²) in [7, 11) is 0. The second-order valence-corrected chi connectivity index (χ2v) is 5.87. The van der Waals surface area contributed by atoms with E-state index in [1.54, 1.807) is 18.2 Å². The molecule has 2 rings (SSSR count). The summed E-state index contributed by atoms with van der Waals surface area (Å²) in [6, 6.07) is 12.7. The average Bonchev–Trinajstić information content (AvgIpc) is 2.49. The number of amides is 1. The van der Waals surface area contributed by atoms with Crippen LogP contribution in [0.4, 0.5) is 5.69 Å². The summed E-state index contributed by atoms with van der Waals surface area (Å²) in [4.78, 5) is 23.8. The minimum Gasteiger partial charge on any atom is -0.452 e. The third-order valence-corrected chi connectivity index (χ3v) is 3.60. The lowest BCUT2D eigenvalue weighted by Gasteiger charge is -2.09. The maximum absolute atomic E-state index is 12.0. The van der Waals surface area contributed by atoms with Crippen molar-refractivity contribution in [3.05, 3.63) is 63.6 Å². The molecule has 2 aromatic carbocycles. The Hall–Kier alpha value is -2.14. The first kappa shape index (κ1) is 16.2. The number of hydrogen-bond acceptors (Lipinski definition) is 3. The highest BCUT2D eigenvalue weighted by atomic mass is 79.9. The van der Waals surface area contributed by atoms with Gasteiger partial charge >= 0.3 is 5.97 Å². The molecule has 2 aromatic rings. The predicted molar refractivity (Wildman–Crippen MR) is 89.0 cm³/mol. The van der Waals surface area contributed by atoms with Crippen LogP contribution in [0.5, 0.6) is 0 Å².